The molecule has 9 nitrogen and oxygen atoms in total. The zero-order chi connectivity index (χ0) is 37.2. The summed E-state index contributed by atoms with van der Waals surface area (Å²) in [5, 5.41) is 38.1. The van der Waals surface area contributed by atoms with Crippen LogP contribution in [0.5, 0.6) is 11.5 Å². The highest BCUT2D eigenvalue weighted by Gasteiger charge is 2.57. The van der Waals surface area contributed by atoms with Gasteiger partial charge in [-0.1, -0.05) is 70.1 Å². The first-order valence-electron chi connectivity index (χ1n) is 21.1. The van der Waals surface area contributed by atoms with Crippen molar-refractivity contribution in [1.82, 2.24) is 10.6 Å². The van der Waals surface area contributed by atoms with Crippen molar-refractivity contribution >= 4 is 5.71 Å². The van der Waals surface area contributed by atoms with Gasteiger partial charge in [-0.25, -0.2) is 0 Å². The third-order valence-corrected chi connectivity index (χ3v) is 12.9. The van der Waals surface area contributed by atoms with Crippen molar-refractivity contribution < 1.29 is 24.8 Å². The van der Waals surface area contributed by atoms with Crippen molar-refractivity contribution in [2.45, 2.75) is 135 Å². The van der Waals surface area contributed by atoms with Crippen LogP contribution in [0, 0.1) is 35.1 Å². The summed E-state index contributed by atoms with van der Waals surface area (Å²) in [6.45, 7) is 7.37. The molecule has 0 amide bonds. The Bertz CT molecular complexity index is 1400. The highest BCUT2D eigenvalue weighted by molar-refractivity contribution is 6.04. The van der Waals surface area contributed by atoms with Gasteiger partial charge in [0.05, 0.1) is 24.5 Å². The molecule has 3 saturated carbocycles. The number of nitrogens with one attached hydrogen (secondary N) is 2. The molecule has 1 aromatic carbocycles. The average molecular weight is 733 g/mol. The smallest absolute Gasteiger partial charge is 0.190 e. The van der Waals surface area contributed by atoms with E-state index in [0.717, 1.165) is 93.8 Å². The maximum atomic E-state index is 10.8. The summed E-state index contributed by atoms with van der Waals surface area (Å²) in [6, 6.07) is 6.55. The number of benzene rings is 1. The molecule has 7 N–H and O–H groups in total. The van der Waals surface area contributed by atoms with E-state index < -0.39 is 0 Å². The van der Waals surface area contributed by atoms with Gasteiger partial charge < -0.3 is 35.8 Å². The molecule has 6 rings (SSSR count). The van der Waals surface area contributed by atoms with E-state index in [0.29, 0.717) is 36.2 Å². The van der Waals surface area contributed by atoms with E-state index in [-0.39, 0.29) is 30.6 Å². The van der Waals surface area contributed by atoms with Crippen molar-refractivity contribution in [2.75, 3.05) is 39.4 Å². The first-order chi connectivity index (χ1) is 25.8. The number of rotatable bonds is 21. The maximum Gasteiger partial charge on any atom is 0.190 e. The van der Waals surface area contributed by atoms with Crippen LogP contribution in [-0.2, 0) is 11.2 Å². The number of aliphatic hydroxyl groups is 2. The molecule has 1 spiro atoms. The number of aliphatic imine (C=N–C) groups is 1. The van der Waals surface area contributed by atoms with E-state index in [1.807, 2.05) is 25.1 Å². The molecule has 2 aliphatic heterocycles. The molecule has 1 aromatic rings. The molecule has 9 heteroatoms. The molecule has 3 aliphatic carbocycles. The fraction of sp³-hybridized carbons (Fsp3) is 0.705. The topological polar surface area (TPSA) is 142 Å². The van der Waals surface area contributed by atoms with Crippen LogP contribution in [0.1, 0.15) is 116 Å². The second kappa shape index (κ2) is 19.3. The van der Waals surface area contributed by atoms with Gasteiger partial charge in [0, 0.05) is 25.8 Å². The van der Waals surface area contributed by atoms with Gasteiger partial charge in [0.2, 0.25) is 0 Å². The predicted molar refractivity (Wildman–Crippen MR) is 213 cm³/mol. The first-order valence-corrected chi connectivity index (χ1v) is 21.1. The number of hydrogen-bond donors (Lipinski definition) is 6. The van der Waals surface area contributed by atoms with Crippen molar-refractivity contribution in [3.8, 4) is 11.5 Å². The number of nitrogens with two attached hydrogens (primary N) is 1. The monoisotopic (exact) mass is 733 g/mol. The number of phenols is 1. The van der Waals surface area contributed by atoms with Gasteiger partial charge in [0.15, 0.2) is 23.3 Å². The fourth-order valence-corrected chi connectivity index (χ4v) is 10.3. The molecule has 1 unspecified atom stereocenters. The van der Waals surface area contributed by atoms with E-state index in [9.17, 15) is 15.3 Å². The molecule has 53 heavy (non-hydrogen) atoms. The van der Waals surface area contributed by atoms with Gasteiger partial charge in [-0.2, -0.15) is 12.0 Å². The summed E-state index contributed by atoms with van der Waals surface area (Å²) < 4.78 is 12.7. The van der Waals surface area contributed by atoms with Crippen LogP contribution in [-0.4, -0.2) is 78.7 Å². The van der Waals surface area contributed by atoms with Crippen LogP contribution < -0.4 is 21.1 Å². The zero-order valence-corrected chi connectivity index (χ0v) is 32.6. The minimum Gasteiger partial charge on any atom is -0.592 e. The Morgan fingerprint density at radius 2 is 1.92 bits per heavy atom. The Morgan fingerprint density at radius 1 is 1.11 bits per heavy atom. The van der Waals surface area contributed by atoms with Crippen LogP contribution in [0.25, 0.3) is 0 Å². The molecule has 3 fully saturated rings. The Balaban J connectivity index is 1.09. The number of likely N-dealkylation sites (N-methyl/N-ethyl adjacent to an activating group) is 1. The number of nitrogens with zero attached hydrogens (tertiary/aromatic N) is 1. The van der Waals surface area contributed by atoms with Gasteiger partial charge in [0.1, 0.15) is 18.2 Å². The number of phenolic OH excluding ortho intramolecular Hbond substituents is 1. The number of fused-ring (bicyclic) bond motifs is 3. The number of unbranched alkanes of at least 4 members (excludes halogenated alkanes) is 4. The molecule has 2 heterocycles. The highest BCUT2D eigenvalue weighted by Crippen LogP contribution is 2.60. The molecule has 0 bridgehead atoms. The first kappa shape index (κ1) is 40.0. The minimum atomic E-state index is -0.366. The highest BCUT2D eigenvalue weighted by atomic mass is 16.5. The van der Waals surface area contributed by atoms with Crippen molar-refractivity contribution in [3.63, 3.8) is 0 Å². The number of hydrogen-bond acceptors (Lipinski definition) is 9. The molecule has 5 aliphatic rings. The molecular weight excluding hydrogens is 665 g/mol. The van der Waals surface area contributed by atoms with Crippen LogP contribution in [0.4, 0.5) is 0 Å². The number of aryl methyl sites for hydroxylation is 1. The molecule has 6 atom stereocenters. The molecule has 0 radical (unpaired) electrons. The molecule has 0 aromatic heterocycles. The quantitative estimate of drug-likeness (QED) is 0.0606. The molecular formula is C44H68N4O5. The van der Waals surface area contributed by atoms with Crippen LogP contribution in [0.3, 0.4) is 0 Å². The lowest BCUT2D eigenvalue weighted by molar-refractivity contribution is 0.115. The van der Waals surface area contributed by atoms with Gasteiger partial charge in [-0.05, 0) is 99.9 Å². The Hall–Kier alpha value is -2.69. The van der Waals surface area contributed by atoms with Crippen LogP contribution in [0.15, 0.2) is 46.7 Å². The Labute approximate surface area is 319 Å². The standard InChI is InChI=1S/C44H68N4O5/c1-3-47-40(38-24-35-36(27-46-26-30(2)50)34-12-11-13-37(34)44(19-8-9-20-44)25-39(35)48-38)29-52-43-22-31(16-18-41(43)51)15-17-33-23-32(28-49)42(53-33)14-7-5-4-6-10-21-45/h16,18,22-24,30,34,36-37,40,42,46-47,49-51H,3-15,17,19-21,25-29,45H2,1-2H3/t30-,34-,36-,37-,40-,42?/m0/s1. The van der Waals surface area contributed by atoms with Gasteiger partial charge in [0.25, 0.3) is 0 Å². The lowest BCUT2D eigenvalue weighted by atomic mass is 9.66. The van der Waals surface area contributed by atoms with E-state index in [2.05, 4.69) is 23.6 Å². The van der Waals surface area contributed by atoms with Crippen molar-refractivity contribution in [1.29, 1.82) is 0 Å². The summed E-state index contributed by atoms with van der Waals surface area (Å²) in [7, 11) is 0. The summed E-state index contributed by atoms with van der Waals surface area (Å²) in [5.41, 5.74) is 9.74. The van der Waals surface area contributed by atoms with E-state index >= 15 is 0 Å². The summed E-state index contributed by atoms with van der Waals surface area (Å²) in [5.74, 6) is 4.31. The number of allylic oxidation sites excluding steroid dienone is 1. The molecule has 294 valence electrons. The lowest BCUT2D eigenvalue weighted by Crippen LogP contribution is -2.39. The third-order valence-electron chi connectivity index (χ3n) is 12.9. The Kier molecular flexibility index (Phi) is 14.5. The molecule has 0 saturated heterocycles. The third kappa shape index (κ3) is 9.95. The summed E-state index contributed by atoms with van der Waals surface area (Å²) in [6.07, 6.45) is 22.4. The number of aromatic hydroxyl groups is 1. The maximum absolute atomic E-state index is 10.8. The zero-order valence-electron chi connectivity index (χ0n) is 32.6. The van der Waals surface area contributed by atoms with Crippen LogP contribution in [0.2, 0.25) is 0 Å². The van der Waals surface area contributed by atoms with E-state index in [1.165, 1.54) is 69.1 Å². The van der Waals surface area contributed by atoms with Crippen molar-refractivity contribution in [2.24, 2.45) is 33.9 Å². The largest absolute Gasteiger partial charge is 0.592 e. The van der Waals surface area contributed by atoms with Crippen molar-refractivity contribution in [3.05, 3.63) is 59.2 Å². The second-order valence-corrected chi connectivity index (χ2v) is 16.7. The average Bonchev–Trinajstić information content (AvgIpc) is 3.97. The summed E-state index contributed by atoms with van der Waals surface area (Å²) in [4.78, 5) is 5.42. The van der Waals surface area contributed by atoms with E-state index in [1.54, 1.807) is 6.07 Å². The minimum absolute atomic E-state index is 0.0231. The lowest BCUT2D eigenvalue weighted by Gasteiger charge is -2.37. The Morgan fingerprint density at radius 3 is 2.70 bits per heavy atom. The van der Waals surface area contributed by atoms with Gasteiger partial charge in [-0.15, -0.1) is 4.99 Å². The van der Waals surface area contributed by atoms with E-state index in [4.69, 9.17) is 20.2 Å². The fourth-order valence-electron chi connectivity index (χ4n) is 10.3. The SMILES string of the molecule is CCN[C@@H](COc1cc(CCC2=C[C-](CO)C(CCCCCCCN)O2)ccc1O)[C+]1C=C2C(=N1)CC1(CCCC1)[C@H]1CCC[C@H]1[C@@H]2CNC[C@H](C)O. The number of aliphatic hydroxyl groups excluding tert-OH is 2. The summed E-state index contributed by atoms with van der Waals surface area (Å²) >= 11 is 0. The normalized spacial score (nSPS) is 25.8. The number of ether oxygens (including phenoxy) is 2. The van der Waals surface area contributed by atoms with Gasteiger partial charge >= 0.3 is 0 Å². The predicted octanol–water partition coefficient (Wildman–Crippen LogP) is 6.71. The second-order valence-electron chi connectivity index (χ2n) is 16.7. The van der Waals surface area contributed by atoms with Gasteiger partial charge in [-0.3, -0.25) is 5.32 Å². The van der Waals surface area contributed by atoms with Crippen LogP contribution >= 0.6 is 0 Å².